The van der Waals surface area contributed by atoms with Crippen LogP contribution in [-0.4, -0.2) is 0 Å². The van der Waals surface area contributed by atoms with Crippen molar-refractivity contribution in [3.63, 3.8) is 0 Å². The van der Waals surface area contributed by atoms with Crippen LogP contribution in [0.3, 0.4) is 0 Å². The molecule has 0 aliphatic heterocycles. The van der Waals surface area contributed by atoms with Gasteiger partial charge in [0.1, 0.15) is 0 Å². The second-order valence-electron chi connectivity index (χ2n) is 9.36. The van der Waals surface area contributed by atoms with Crippen LogP contribution in [0.15, 0.2) is 0 Å². The van der Waals surface area contributed by atoms with Gasteiger partial charge in [-0.15, -0.1) is 0 Å². The molecule has 0 unspecified atom stereocenters. The summed E-state index contributed by atoms with van der Waals surface area (Å²) < 4.78 is 0. The molecule has 0 atom stereocenters. The van der Waals surface area contributed by atoms with Crippen LogP contribution in [0.5, 0.6) is 0 Å². The van der Waals surface area contributed by atoms with Crippen molar-refractivity contribution in [2.24, 2.45) is 0 Å². The molecule has 0 fully saturated rings. The van der Waals surface area contributed by atoms with Gasteiger partial charge in [-0.3, -0.25) is 0 Å². The monoisotopic (exact) mass is 427 g/mol. The Morgan fingerprint density at radius 2 is 0.267 bits per heavy atom. The van der Waals surface area contributed by atoms with Crippen LogP contribution in [-0.2, 0) is 0 Å². The number of hydrogen-bond donors (Lipinski definition) is 0. The first-order valence-corrected chi connectivity index (χ1v) is 14.7. The van der Waals surface area contributed by atoms with E-state index < -0.39 is 0 Å². The molecule has 0 nitrogen and oxygen atoms in total. The van der Waals surface area contributed by atoms with Crippen molar-refractivity contribution >= 4 is 0 Å². The number of rotatable bonds is 21. The Morgan fingerprint density at radius 3 is 0.367 bits per heavy atom. The lowest BCUT2D eigenvalue weighted by Gasteiger charge is -1.98. The summed E-state index contributed by atoms with van der Waals surface area (Å²) in [6.07, 6.45) is 34.4. The maximum absolute atomic E-state index is 2.27. The molecule has 30 heavy (non-hydrogen) atoms. The van der Waals surface area contributed by atoms with E-state index in [1.807, 2.05) is 0 Å². The topological polar surface area (TPSA) is 0 Å². The van der Waals surface area contributed by atoms with Gasteiger partial charge < -0.3 is 0 Å². The summed E-state index contributed by atoms with van der Waals surface area (Å²) in [7, 11) is 0. The van der Waals surface area contributed by atoms with Crippen molar-refractivity contribution in [3.05, 3.63) is 0 Å². The lowest BCUT2D eigenvalue weighted by Crippen LogP contribution is -1.79. The first-order valence-electron chi connectivity index (χ1n) is 14.7. The van der Waals surface area contributed by atoms with Gasteiger partial charge in [0.15, 0.2) is 0 Å². The summed E-state index contributed by atoms with van der Waals surface area (Å²) in [5, 5.41) is 0. The maximum atomic E-state index is 2.27. The maximum Gasteiger partial charge on any atom is -0.0533 e. The summed E-state index contributed by atoms with van der Waals surface area (Å²) in [6.45, 7) is 13.6. The molecule has 0 amide bonds. The first kappa shape index (κ1) is 34.6. The molecule has 0 heterocycles. The van der Waals surface area contributed by atoms with E-state index in [1.165, 1.54) is 154 Å². The zero-order valence-corrected chi connectivity index (χ0v) is 23.0. The van der Waals surface area contributed by atoms with Crippen LogP contribution in [0.25, 0.3) is 0 Å². The van der Waals surface area contributed by atoms with Crippen molar-refractivity contribution in [1.82, 2.24) is 0 Å². The van der Waals surface area contributed by atoms with E-state index in [2.05, 4.69) is 41.5 Å². The third-order valence-corrected chi connectivity index (χ3v) is 5.87. The van der Waals surface area contributed by atoms with Crippen LogP contribution >= 0.6 is 0 Å². The third kappa shape index (κ3) is 46.3. The van der Waals surface area contributed by atoms with Gasteiger partial charge >= 0.3 is 0 Å². The largest absolute Gasteiger partial charge is 0.0654 e. The Bertz CT molecular complexity index is 198. The highest BCUT2D eigenvalue weighted by molar-refractivity contribution is 4.45. The van der Waals surface area contributed by atoms with E-state index in [-0.39, 0.29) is 0 Å². The van der Waals surface area contributed by atoms with Gasteiger partial charge in [-0.1, -0.05) is 196 Å². The van der Waals surface area contributed by atoms with Crippen LogP contribution in [0.2, 0.25) is 0 Å². The summed E-state index contributed by atoms with van der Waals surface area (Å²) >= 11 is 0. The fraction of sp³-hybridized carbons (Fsp3) is 1.00. The lowest BCUT2D eigenvalue weighted by molar-refractivity contribution is 0.572. The van der Waals surface area contributed by atoms with Gasteiger partial charge in [-0.05, 0) is 0 Å². The average Bonchev–Trinajstić information content (AvgIpc) is 2.76. The Morgan fingerprint density at radius 1 is 0.167 bits per heavy atom. The van der Waals surface area contributed by atoms with Crippen LogP contribution in [0, 0.1) is 0 Å². The minimum atomic E-state index is 1.37. The minimum Gasteiger partial charge on any atom is -0.0654 e. The molecular formula is C30H66. The van der Waals surface area contributed by atoms with Crippen molar-refractivity contribution < 1.29 is 0 Å². The average molecular weight is 427 g/mol. The highest BCUT2D eigenvalue weighted by Crippen LogP contribution is 2.09. The zero-order valence-electron chi connectivity index (χ0n) is 23.0. The van der Waals surface area contributed by atoms with Gasteiger partial charge in [-0.2, -0.15) is 0 Å². The standard InChI is InChI=1S/C11H24.C10H22.C9H20/c1-3-5-7-9-11-10-8-6-4-2;1-3-5-7-9-10-8-6-4-2;1-3-5-7-9-8-6-4-2/h3-11H2,1-2H3;3-10H2,1-2H3;3-9H2,1-2H3. The molecule has 0 N–H and O–H groups in total. The SMILES string of the molecule is CCCCCCCCC.CCCCCCCCCC.CCCCCCCCCCC. The van der Waals surface area contributed by atoms with Crippen molar-refractivity contribution in [3.8, 4) is 0 Å². The highest BCUT2D eigenvalue weighted by Gasteiger charge is 1.89. The molecule has 0 aromatic heterocycles. The molecule has 0 aliphatic carbocycles. The first-order chi connectivity index (χ1) is 14.7. The molecular weight excluding hydrogens is 360 g/mol. The summed E-state index contributed by atoms with van der Waals surface area (Å²) in [4.78, 5) is 0. The van der Waals surface area contributed by atoms with Crippen molar-refractivity contribution in [2.75, 3.05) is 0 Å². The Labute approximate surface area is 195 Å². The highest BCUT2D eigenvalue weighted by atomic mass is 14.0. The molecule has 0 aliphatic rings. The van der Waals surface area contributed by atoms with Crippen LogP contribution < -0.4 is 0 Å². The molecule has 0 aromatic rings. The fourth-order valence-electron chi connectivity index (χ4n) is 3.62. The van der Waals surface area contributed by atoms with Crippen molar-refractivity contribution in [1.29, 1.82) is 0 Å². The zero-order chi connectivity index (χ0) is 23.0. The van der Waals surface area contributed by atoms with E-state index >= 15 is 0 Å². The fourth-order valence-corrected chi connectivity index (χ4v) is 3.62. The molecule has 0 saturated carbocycles. The molecule has 0 bridgehead atoms. The Balaban J connectivity index is -0.000000366. The molecule has 0 rings (SSSR count). The molecule has 0 radical (unpaired) electrons. The Hall–Kier alpha value is 0. The summed E-state index contributed by atoms with van der Waals surface area (Å²) in [5.74, 6) is 0. The van der Waals surface area contributed by atoms with E-state index in [1.54, 1.807) is 0 Å². The predicted octanol–water partition coefficient (Wildman–Crippen LogP) is 12.4. The lowest BCUT2D eigenvalue weighted by atomic mass is 10.1. The molecule has 0 aromatic carbocycles. The van der Waals surface area contributed by atoms with E-state index in [0.29, 0.717) is 0 Å². The Kier molecular flexibility index (Phi) is 45.5. The van der Waals surface area contributed by atoms with Gasteiger partial charge in [0.2, 0.25) is 0 Å². The normalized spacial score (nSPS) is 10.2. The van der Waals surface area contributed by atoms with Gasteiger partial charge in [0.05, 0.1) is 0 Å². The third-order valence-electron chi connectivity index (χ3n) is 5.87. The predicted molar refractivity (Wildman–Crippen MR) is 145 cm³/mol. The smallest absolute Gasteiger partial charge is 0.0533 e. The van der Waals surface area contributed by atoms with Gasteiger partial charge in [0, 0.05) is 0 Å². The van der Waals surface area contributed by atoms with Crippen LogP contribution in [0.1, 0.15) is 196 Å². The summed E-state index contributed by atoms with van der Waals surface area (Å²) in [5.41, 5.74) is 0. The second kappa shape index (κ2) is 39.5. The molecule has 0 heteroatoms. The summed E-state index contributed by atoms with van der Waals surface area (Å²) in [6, 6.07) is 0. The number of unbranched alkanes of at least 4 members (excludes halogenated alkanes) is 21. The quantitative estimate of drug-likeness (QED) is 0.160. The molecule has 0 saturated heterocycles. The van der Waals surface area contributed by atoms with Gasteiger partial charge in [-0.25, -0.2) is 0 Å². The number of hydrogen-bond acceptors (Lipinski definition) is 0. The van der Waals surface area contributed by atoms with Crippen molar-refractivity contribution in [2.45, 2.75) is 196 Å². The van der Waals surface area contributed by atoms with E-state index in [9.17, 15) is 0 Å². The second-order valence-corrected chi connectivity index (χ2v) is 9.36. The molecule has 186 valence electrons. The van der Waals surface area contributed by atoms with E-state index in [0.717, 1.165) is 0 Å². The van der Waals surface area contributed by atoms with Crippen LogP contribution in [0.4, 0.5) is 0 Å². The molecule has 0 spiro atoms. The minimum absolute atomic E-state index is 1.37. The van der Waals surface area contributed by atoms with E-state index in [4.69, 9.17) is 0 Å². The van der Waals surface area contributed by atoms with Gasteiger partial charge in [0.25, 0.3) is 0 Å².